The summed E-state index contributed by atoms with van der Waals surface area (Å²) >= 11 is 0. The number of aliphatic hydroxyl groups excluding tert-OH is 8. The average Bonchev–Trinajstić information content (AvgIpc) is 3.37. The van der Waals surface area contributed by atoms with Crippen LogP contribution in [-0.2, 0) is 23.7 Å². The van der Waals surface area contributed by atoms with E-state index in [4.69, 9.17) is 18.9 Å². The Kier molecular flexibility index (Phi) is 40.4. The minimum Gasteiger partial charge on any atom is -0.394 e. The third kappa shape index (κ3) is 30.0. The van der Waals surface area contributed by atoms with Crippen molar-refractivity contribution in [2.24, 2.45) is 0 Å². The van der Waals surface area contributed by atoms with E-state index in [2.05, 4.69) is 31.3 Å². The molecule has 14 nitrogen and oxygen atoms in total. The summed E-state index contributed by atoms with van der Waals surface area (Å²) in [5.74, 6) is -0.248. The summed E-state index contributed by atoms with van der Waals surface area (Å²) in [6, 6.07) is -0.925. The van der Waals surface area contributed by atoms with Crippen molar-refractivity contribution in [1.29, 1.82) is 0 Å². The largest absolute Gasteiger partial charge is 0.394 e. The predicted octanol–water partition coefficient (Wildman–Crippen LogP) is 9.28. The molecular weight excluding hydrogens is 907 g/mol. The molecule has 0 aromatic heterocycles. The first-order valence-electron chi connectivity index (χ1n) is 29.1. The highest BCUT2D eigenvalue weighted by atomic mass is 16.7. The van der Waals surface area contributed by atoms with Crippen LogP contribution >= 0.6 is 0 Å². The summed E-state index contributed by atoms with van der Waals surface area (Å²) in [6.07, 6.45) is 34.1. The fourth-order valence-corrected chi connectivity index (χ4v) is 9.66. The first-order valence-corrected chi connectivity index (χ1v) is 29.1. The molecular formula is C57H107NO13. The molecule has 1 amide bonds. The van der Waals surface area contributed by atoms with Crippen LogP contribution in [0.1, 0.15) is 239 Å². The summed E-state index contributed by atoms with van der Waals surface area (Å²) in [7, 11) is 0. The average molecular weight is 1010 g/mol. The SMILES string of the molecule is CCCCC/C=C/CC/C=C/C(O)C(COC1OC(CO)C(OC2OC(CO)C(O)C(O)C2O)C(O)C1O)NC(=O)CCCCCCCCCCCCCCCCCCCCCCCCCCCCCC. The molecule has 12 unspecified atom stereocenters. The van der Waals surface area contributed by atoms with E-state index in [1.807, 2.05) is 6.08 Å². The normalized spacial score (nSPS) is 25.9. The lowest BCUT2D eigenvalue weighted by Gasteiger charge is -2.46. The molecule has 71 heavy (non-hydrogen) atoms. The van der Waals surface area contributed by atoms with Gasteiger partial charge in [0.15, 0.2) is 12.6 Å². The van der Waals surface area contributed by atoms with E-state index >= 15 is 0 Å². The highest BCUT2D eigenvalue weighted by Gasteiger charge is 2.51. The second-order valence-corrected chi connectivity index (χ2v) is 20.8. The van der Waals surface area contributed by atoms with Gasteiger partial charge < -0.3 is 65.1 Å². The van der Waals surface area contributed by atoms with Crippen molar-refractivity contribution in [2.75, 3.05) is 19.8 Å². The van der Waals surface area contributed by atoms with Gasteiger partial charge in [0.05, 0.1) is 32.0 Å². The smallest absolute Gasteiger partial charge is 0.220 e. The molecule has 2 aliphatic rings. The second kappa shape index (κ2) is 43.7. The topological polar surface area (TPSA) is 228 Å². The van der Waals surface area contributed by atoms with Crippen LogP contribution in [0.3, 0.4) is 0 Å². The van der Waals surface area contributed by atoms with Crippen molar-refractivity contribution in [3.8, 4) is 0 Å². The number of carbonyl (C=O) groups is 1. The number of hydrogen-bond acceptors (Lipinski definition) is 13. The number of amides is 1. The van der Waals surface area contributed by atoms with E-state index in [1.165, 1.54) is 167 Å². The maximum Gasteiger partial charge on any atom is 0.220 e. The van der Waals surface area contributed by atoms with Crippen molar-refractivity contribution >= 4 is 5.91 Å². The van der Waals surface area contributed by atoms with Crippen LogP contribution in [0.2, 0.25) is 0 Å². The highest BCUT2D eigenvalue weighted by molar-refractivity contribution is 5.76. The van der Waals surface area contributed by atoms with Crippen LogP contribution in [0.25, 0.3) is 0 Å². The Balaban J connectivity index is 1.65. The Morgan fingerprint density at radius 2 is 0.901 bits per heavy atom. The highest BCUT2D eigenvalue weighted by Crippen LogP contribution is 2.30. The molecule has 0 radical (unpaired) electrons. The number of unbranched alkanes of at least 4 members (excludes halogenated alkanes) is 31. The van der Waals surface area contributed by atoms with Gasteiger partial charge in [-0.2, -0.15) is 0 Å². The van der Waals surface area contributed by atoms with Crippen LogP contribution in [0.15, 0.2) is 24.3 Å². The molecule has 0 aromatic rings. The van der Waals surface area contributed by atoms with E-state index in [9.17, 15) is 45.6 Å². The van der Waals surface area contributed by atoms with Crippen LogP contribution in [0, 0.1) is 0 Å². The number of carbonyl (C=O) groups excluding carboxylic acids is 1. The lowest BCUT2D eigenvalue weighted by atomic mass is 9.97. The summed E-state index contributed by atoms with van der Waals surface area (Å²) in [6.45, 7) is 2.73. The zero-order chi connectivity index (χ0) is 51.7. The summed E-state index contributed by atoms with van der Waals surface area (Å²) in [5, 5.41) is 86.7. The van der Waals surface area contributed by atoms with E-state index in [0.717, 1.165) is 38.5 Å². The van der Waals surface area contributed by atoms with Gasteiger partial charge in [-0.3, -0.25) is 4.79 Å². The molecule has 12 atom stereocenters. The third-order valence-corrected chi connectivity index (χ3v) is 14.4. The van der Waals surface area contributed by atoms with Crippen LogP contribution in [0.4, 0.5) is 0 Å². The lowest BCUT2D eigenvalue weighted by Crippen LogP contribution is -2.65. The number of hydrogen-bond donors (Lipinski definition) is 9. The molecule has 0 saturated carbocycles. The minimum atomic E-state index is -1.79. The lowest BCUT2D eigenvalue weighted by molar-refractivity contribution is -0.359. The molecule has 2 saturated heterocycles. The van der Waals surface area contributed by atoms with Gasteiger partial charge in [0.1, 0.15) is 48.8 Å². The number of ether oxygens (including phenoxy) is 4. The summed E-state index contributed by atoms with van der Waals surface area (Å²) < 4.78 is 22.7. The molecule has 418 valence electrons. The van der Waals surface area contributed by atoms with Crippen molar-refractivity contribution < 1.29 is 64.6 Å². The van der Waals surface area contributed by atoms with Gasteiger partial charge in [-0.25, -0.2) is 0 Å². The number of rotatable bonds is 46. The monoisotopic (exact) mass is 1010 g/mol. The Morgan fingerprint density at radius 1 is 0.493 bits per heavy atom. The summed E-state index contributed by atoms with van der Waals surface area (Å²) in [4.78, 5) is 13.2. The third-order valence-electron chi connectivity index (χ3n) is 14.4. The maximum absolute atomic E-state index is 13.2. The molecule has 2 aliphatic heterocycles. The zero-order valence-corrected chi connectivity index (χ0v) is 44.7. The molecule has 0 bridgehead atoms. The van der Waals surface area contributed by atoms with E-state index < -0.39 is 86.8 Å². The maximum atomic E-state index is 13.2. The Hall–Kier alpha value is -1.53. The second-order valence-electron chi connectivity index (χ2n) is 20.8. The summed E-state index contributed by atoms with van der Waals surface area (Å²) in [5.41, 5.74) is 0. The van der Waals surface area contributed by atoms with Crippen molar-refractivity contribution in [1.82, 2.24) is 5.32 Å². The van der Waals surface area contributed by atoms with Gasteiger partial charge >= 0.3 is 0 Å². The van der Waals surface area contributed by atoms with Gasteiger partial charge in [0.25, 0.3) is 0 Å². The van der Waals surface area contributed by atoms with E-state index in [1.54, 1.807) is 6.08 Å². The fraction of sp³-hybridized carbons (Fsp3) is 0.912. The minimum absolute atomic E-state index is 0.248. The number of nitrogens with one attached hydrogen (secondary N) is 1. The number of aliphatic hydroxyl groups is 8. The van der Waals surface area contributed by atoms with Crippen molar-refractivity contribution in [3.05, 3.63) is 24.3 Å². The Labute approximate surface area is 430 Å². The van der Waals surface area contributed by atoms with Gasteiger partial charge in [-0.1, -0.05) is 224 Å². The van der Waals surface area contributed by atoms with Gasteiger partial charge in [-0.15, -0.1) is 0 Å². The Morgan fingerprint density at radius 3 is 1.38 bits per heavy atom. The zero-order valence-electron chi connectivity index (χ0n) is 44.7. The molecule has 2 rings (SSSR count). The van der Waals surface area contributed by atoms with E-state index in [-0.39, 0.29) is 18.9 Å². The quantitative estimate of drug-likeness (QED) is 0.0205. The van der Waals surface area contributed by atoms with Crippen molar-refractivity contribution in [3.63, 3.8) is 0 Å². The first kappa shape index (κ1) is 65.6. The Bertz CT molecular complexity index is 1290. The molecule has 9 N–H and O–H groups in total. The van der Waals surface area contributed by atoms with E-state index in [0.29, 0.717) is 12.8 Å². The van der Waals surface area contributed by atoms with Crippen LogP contribution < -0.4 is 5.32 Å². The molecule has 2 fully saturated rings. The van der Waals surface area contributed by atoms with Crippen LogP contribution in [0.5, 0.6) is 0 Å². The fourth-order valence-electron chi connectivity index (χ4n) is 9.66. The van der Waals surface area contributed by atoms with Gasteiger partial charge in [0, 0.05) is 6.42 Å². The number of allylic oxidation sites excluding steroid dienone is 3. The molecule has 0 aromatic carbocycles. The van der Waals surface area contributed by atoms with Crippen molar-refractivity contribution in [2.45, 2.75) is 312 Å². The molecule has 14 heteroatoms. The van der Waals surface area contributed by atoms with Crippen LogP contribution in [-0.4, -0.2) is 140 Å². The van der Waals surface area contributed by atoms with Gasteiger partial charge in [0.2, 0.25) is 5.91 Å². The first-order chi connectivity index (χ1) is 34.6. The predicted molar refractivity (Wildman–Crippen MR) is 282 cm³/mol. The van der Waals surface area contributed by atoms with Gasteiger partial charge in [-0.05, 0) is 32.1 Å². The standard InChI is InChI=1S/C57H107NO13/c1-3-5-7-9-11-13-14-15-16-17-18-19-20-21-22-23-24-25-26-27-28-29-30-31-33-35-37-39-41-49(62)58-45(46(61)40-38-36-34-32-12-10-8-6-4-2)44-68-56-54(67)52(65)55(48(43-60)70-56)71-57-53(66)51(64)50(63)47(42-59)69-57/h12,32,38,40,45-48,50-57,59-61,63-67H,3-11,13-31,33-37,39,41-44H2,1-2H3,(H,58,62)/b32-12+,40-38+. The molecule has 0 spiro atoms. The molecule has 0 aliphatic carbocycles. The molecule has 2 heterocycles.